The van der Waals surface area contributed by atoms with Gasteiger partial charge in [0, 0.05) is 11.4 Å². The van der Waals surface area contributed by atoms with Gasteiger partial charge in [-0.2, -0.15) is 13.2 Å². The van der Waals surface area contributed by atoms with Crippen molar-refractivity contribution >= 4 is 16.5 Å². The van der Waals surface area contributed by atoms with Crippen LogP contribution in [0.3, 0.4) is 0 Å². The van der Waals surface area contributed by atoms with E-state index in [1.807, 2.05) is 19.0 Å². The van der Waals surface area contributed by atoms with Crippen molar-refractivity contribution in [3.05, 3.63) is 23.8 Å². The smallest absolute Gasteiger partial charge is 0.398 e. The molecule has 0 spiro atoms. The molecular weight excluding hydrogens is 277 g/mol. The first-order chi connectivity index (χ1) is 8.71. The number of alkyl halides is 3. The van der Waals surface area contributed by atoms with Crippen LogP contribution in [-0.4, -0.2) is 35.5 Å². The lowest BCUT2D eigenvalue weighted by Crippen LogP contribution is -2.15. The highest BCUT2D eigenvalue weighted by Crippen LogP contribution is 2.32. The number of rotatable bonds is 5. The molecule has 0 fully saturated rings. The average molecular weight is 294 g/mol. The molecule has 108 valence electrons. The summed E-state index contributed by atoms with van der Waals surface area (Å²) in [5, 5.41) is 0. The van der Waals surface area contributed by atoms with Crippen molar-refractivity contribution in [3.8, 4) is 0 Å². The van der Waals surface area contributed by atoms with Gasteiger partial charge in [0.25, 0.3) is 0 Å². The molecule has 2 N–H and O–H groups in total. The van der Waals surface area contributed by atoms with Gasteiger partial charge >= 0.3 is 6.18 Å². The molecule has 0 aliphatic rings. The second kappa shape index (κ2) is 6.38. The number of nitrogen functional groups attached to an aromatic ring is 1. The summed E-state index contributed by atoms with van der Waals surface area (Å²) in [5.74, 6) is 0.383. The Bertz CT molecular complexity index is 461. The van der Waals surface area contributed by atoms with Crippen molar-refractivity contribution < 1.29 is 17.4 Å². The van der Waals surface area contributed by atoms with E-state index in [2.05, 4.69) is 0 Å². The van der Waals surface area contributed by atoms with Gasteiger partial charge in [0.15, 0.2) is 0 Å². The normalized spacial score (nSPS) is 13.8. The van der Waals surface area contributed by atoms with Gasteiger partial charge in [-0.3, -0.25) is 4.21 Å². The van der Waals surface area contributed by atoms with Crippen LogP contribution in [0.15, 0.2) is 23.1 Å². The Morgan fingerprint density at radius 2 is 1.95 bits per heavy atom. The number of anilines is 1. The maximum absolute atomic E-state index is 12.5. The fourth-order valence-corrected chi connectivity index (χ4v) is 2.71. The highest BCUT2D eigenvalue weighted by molar-refractivity contribution is 7.85. The minimum Gasteiger partial charge on any atom is -0.398 e. The predicted octanol–water partition coefficient (Wildman–Crippen LogP) is 2.35. The summed E-state index contributed by atoms with van der Waals surface area (Å²) >= 11 is 0. The van der Waals surface area contributed by atoms with Gasteiger partial charge < -0.3 is 10.6 Å². The summed E-state index contributed by atoms with van der Waals surface area (Å²) in [6, 6.07) is 2.94. The van der Waals surface area contributed by atoms with Gasteiger partial charge in [0.05, 0.1) is 21.3 Å². The molecule has 3 nitrogen and oxygen atoms in total. The fourth-order valence-electron chi connectivity index (χ4n) is 1.55. The average Bonchev–Trinajstić information content (AvgIpc) is 2.26. The van der Waals surface area contributed by atoms with E-state index in [1.54, 1.807) is 0 Å². The standard InChI is InChI=1S/C12H17F3N2OS/c1-17(2)6-3-7-19(18)11-5-4-9(8-10(11)16)12(13,14)15/h4-5,8H,3,6-7,16H2,1-2H3. The van der Waals surface area contributed by atoms with Gasteiger partial charge in [-0.25, -0.2) is 0 Å². The van der Waals surface area contributed by atoms with E-state index in [9.17, 15) is 17.4 Å². The molecule has 0 amide bonds. The van der Waals surface area contributed by atoms with Crippen LogP contribution in [0.25, 0.3) is 0 Å². The fraction of sp³-hybridized carbons (Fsp3) is 0.500. The summed E-state index contributed by atoms with van der Waals surface area (Å²) in [6.07, 6.45) is -3.74. The van der Waals surface area contributed by atoms with Crippen molar-refractivity contribution in [3.63, 3.8) is 0 Å². The van der Waals surface area contributed by atoms with Gasteiger partial charge in [-0.15, -0.1) is 0 Å². The second-order valence-electron chi connectivity index (χ2n) is 4.46. The lowest BCUT2D eigenvalue weighted by Gasteiger charge is -2.12. The molecule has 1 aromatic rings. The Morgan fingerprint density at radius 3 is 2.42 bits per heavy atom. The molecule has 0 aliphatic carbocycles. The van der Waals surface area contributed by atoms with Crippen LogP contribution in [0.1, 0.15) is 12.0 Å². The Labute approximate surface area is 113 Å². The Morgan fingerprint density at radius 1 is 1.32 bits per heavy atom. The number of nitrogens with zero attached hydrogens (tertiary/aromatic N) is 1. The summed E-state index contributed by atoms with van der Waals surface area (Å²) in [7, 11) is 2.43. The highest BCUT2D eigenvalue weighted by atomic mass is 32.2. The van der Waals surface area contributed by atoms with Crippen LogP contribution < -0.4 is 5.73 Å². The number of halogens is 3. The van der Waals surface area contributed by atoms with Crippen LogP contribution in [0.5, 0.6) is 0 Å². The van der Waals surface area contributed by atoms with E-state index in [0.29, 0.717) is 12.2 Å². The zero-order chi connectivity index (χ0) is 14.6. The zero-order valence-corrected chi connectivity index (χ0v) is 11.6. The van der Waals surface area contributed by atoms with Gasteiger partial charge in [-0.1, -0.05) is 0 Å². The third-order valence-corrected chi connectivity index (χ3v) is 4.04. The molecule has 0 aliphatic heterocycles. The summed E-state index contributed by atoms with van der Waals surface area (Å²) in [5.41, 5.74) is 4.66. The van der Waals surface area contributed by atoms with E-state index in [1.165, 1.54) is 6.07 Å². The van der Waals surface area contributed by atoms with Gasteiger partial charge in [0.2, 0.25) is 0 Å². The first kappa shape index (κ1) is 16.0. The number of benzene rings is 1. The summed E-state index contributed by atoms with van der Waals surface area (Å²) in [6.45, 7) is 0.770. The minimum atomic E-state index is -4.43. The molecule has 7 heteroatoms. The molecule has 0 aromatic heterocycles. The SMILES string of the molecule is CN(C)CCCS(=O)c1ccc(C(F)(F)F)cc1N. The first-order valence-corrected chi connectivity index (χ1v) is 7.03. The molecule has 1 aromatic carbocycles. The molecule has 1 atom stereocenters. The first-order valence-electron chi connectivity index (χ1n) is 5.71. The maximum atomic E-state index is 12.5. The molecular formula is C12H17F3N2OS. The Balaban J connectivity index is 2.77. The molecule has 1 rings (SSSR count). The third-order valence-electron chi connectivity index (χ3n) is 2.52. The molecule has 1 unspecified atom stereocenters. The van der Waals surface area contributed by atoms with Crippen LogP contribution >= 0.6 is 0 Å². The van der Waals surface area contributed by atoms with Crippen LogP contribution in [0.2, 0.25) is 0 Å². The van der Waals surface area contributed by atoms with E-state index in [-0.39, 0.29) is 10.6 Å². The summed E-state index contributed by atoms with van der Waals surface area (Å²) < 4.78 is 49.3. The van der Waals surface area contributed by atoms with Crippen molar-refractivity contribution in [2.45, 2.75) is 17.5 Å². The lowest BCUT2D eigenvalue weighted by molar-refractivity contribution is -0.137. The minimum absolute atomic E-state index is 0.0713. The summed E-state index contributed by atoms with van der Waals surface area (Å²) in [4.78, 5) is 2.22. The molecule has 0 saturated heterocycles. The van der Waals surface area contributed by atoms with Crippen molar-refractivity contribution in [2.75, 3.05) is 32.1 Å². The second-order valence-corrected chi connectivity index (χ2v) is 6.00. The van der Waals surface area contributed by atoms with E-state index < -0.39 is 22.5 Å². The Kier molecular flexibility index (Phi) is 5.37. The van der Waals surface area contributed by atoms with Crippen LogP contribution in [0.4, 0.5) is 18.9 Å². The van der Waals surface area contributed by atoms with Crippen LogP contribution in [-0.2, 0) is 17.0 Å². The van der Waals surface area contributed by atoms with E-state index in [0.717, 1.165) is 18.7 Å². The van der Waals surface area contributed by atoms with Gasteiger partial charge in [0.1, 0.15) is 0 Å². The third kappa shape index (κ3) is 4.83. The van der Waals surface area contributed by atoms with Crippen molar-refractivity contribution in [1.82, 2.24) is 4.90 Å². The van der Waals surface area contributed by atoms with Crippen molar-refractivity contribution in [1.29, 1.82) is 0 Å². The Hall–Kier alpha value is -1.08. The molecule has 19 heavy (non-hydrogen) atoms. The molecule has 0 radical (unpaired) electrons. The molecule has 0 bridgehead atoms. The zero-order valence-electron chi connectivity index (χ0n) is 10.8. The number of hydrogen-bond acceptors (Lipinski definition) is 3. The maximum Gasteiger partial charge on any atom is 0.416 e. The van der Waals surface area contributed by atoms with E-state index >= 15 is 0 Å². The van der Waals surface area contributed by atoms with Crippen LogP contribution in [0, 0.1) is 0 Å². The monoisotopic (exact) mass is 294 g/mol. The largest absolute Gasteiger partial charge is 0.416 e. The molecule has 0 heterocycles. The topological polar surface area (TPSA) is 46.3 Å². The van der Waals surface area contributed by atoms with Crippen molar-refractivity contribution in [2.24, 2.45) is 0 Å². The molecule has 0 saturated carbocycles. The number of hydrogen-bond donors (Lipinski definition) is 1. The predicted molar refractivity (Wildman–Crippen MR) is 70.3 cm³/mol. The highest BCUT2D eigenvalue weighted by Gasteiger charge is 2.31. The van der Waals surface area contributed by atoms with Gasteiger partial charge in [-0.05, 0) is 45.3 Å². The lowest BCUT2D eigenvalue weighted by atomic mass is 10.2. The quantitative estimate of drug-likeness (QED) is 0.848. The van der Waals surface area contributed by atoms with E-state index in [4.69, 9.17) is 5.73 Å². The number of nitrogens with two attached hydrogens (primary N) is 1.